The van der Waals surface area contributed by atoms with E-state index in [1.807, 2.05) is 13.8 Å². The number of benzene rings is 1. The zero-order chi connectivity index (χ0) is 16.1. The Kier molecular flexibility index (Phi) is 5.80. The van der Waals surface area contributed by atoms with Crippen molar-refractivity contribution in [2.75, 3.05) is 25.0 Å². The van der Waals surface area contributed by atoms with E-state index >= 15 is 0 Å². The molecule has 1 aliphatic rings. The Morgan fingerprint density at radius 1 is 1.45 bits per heavy atom. The molecule has 1 aliphatic heterocycles. The molecule has 6 heteroatoms. The zero-order valence-corrected chi connectivity index (χ0v) is 13.7. The van der Waals surface area contributed by atoms with Gasteiger partial charge in [0.25, 0.3) is 0 Å². The molecule has 1 N–H and O–H groups in total. The summed E-state index contributed by atoms with van der Waals surface area (Å²) in [7, 11) is 0. The fourth-order valence-electron chi connectivity index (χ4n) is 2.39. The number of ether oxygens (including phenoxy) is 1. The monoisotopic (exact) mass is 324 g/mol. The van der Waals surface area contributed by atoms with Gasteiger partial charge in [0.15, 0.2) is 0 Å². The first-order chi connectivity index (χ1) is 10.5. The van der Waals surface area contributed by atoms with Gasteiger partial charge in [-0.05, 0) is 44.4 Å². The standard InChI is InChI=1S/C16H21ClN2O3/c1-3-19(10-13-5-4-8-22-13)16(21)15(20)18-12-7-6-11(2)14(17)9-12/h6-7,9,13H,3-5,8,10H2,1-2H3,(H,18,20)/t13-/m1/s1. The molecule has 1 aromatic rings. The van der Waals surface area contributed by atoms with Gasteiger partial charge in [-0.15, -0.1) is 0 Å². The maximum atomic E-state index is 12.2. The number of likely N-dealkylation sites (N-methyl/N-ethyl adjacent to an activating group) is 1. The summed E-state index contributed by atoms with van der Waals surface area (Å²) in [6, 6.07) is 5.16. The first-order valence-corrected chi connectivity index (χ1v) is 7.87. The van der Waals surface area contributed by atoms with Crippen LogP contribution in [0, 0.1) is 6.92 Å². The van der Waals surface area contributed by atoms with Gasteiger partial charge >= 0.3 is 11.8 Å². The first-order valence-electron chi connectivity index (χ1n) is 7.49. The second-order valence-corrected chi connectivity index (χ2v) is 5.80. The minimum Gasteiger partial charge on any atom is -0.376 e. The Morgan fingerprint density at radius 3 is 2.82 bits per heavy atom. The molecule has 120 valence electrons. The molecule has 0 radical (unpaired) electrons. The molecule has 1 saturated heterocycles. The van der Waals surface area contributed by atoms with Crippen molar-refractivity contribution in [3.63, 3.8) is 0 Å². The number of hydrogen-bond donors (Lipinski definition) is 1. The Hall–Kier alpha value is -1.59. The molecule has 0 bridgehead atoms. The minimum atomic E-state index is -0.653. The SMILES string of the molecule is CCN(C[C@H]1CCCO1)C(=O)C(=O)Nc1ccc(C)c(Cl)c1. The topological polar surface area (TPSA) is 58.6 Å². The van der Waals surface area contributed by atoms with Gasteiger partial charge in [0.2, 0.25) is 0 Å². The molecule has 0 unspecified atom stereocenters. The first kappa shape index (κ1) is 16.8. The Bertz CT molecular complexity index is 556. The second-order valence-electron chi connectivity index (χ2n) is 5.40. The molecule has 0 spiro atoms. The minimum absolute atomic E-state index is 0.0329. The lowest BCUT2D eigenvalue weighted by atomic mass is 10.2. The smallest absolute Gasteiger partial charge is 0.313 e. The molecule has 1 heterocycles. The third-order valence-corrected chi connectivity index (χ3v) is 4.15. The molecule has 22 heavy (non-hydrogen) atoms. The number of carbonyl (C=O) groups excluding carboxylic acids is 2. The number of hydrogen-bond acceptors (Lipinski definition) is 3. The number of rotatable bonds is 4. The fraction of sp³-hybridized carbons (Fsp3) is 0.500. The van der Waals surface area contributed by atoms with Crippen molar-refractivity contribution < 1.29 is 14.3 Å². The molecule has 0 aliphatic carbocycles. The molecule has 1 fully saturated rings. The third-order valence-electron chi connectivity index (χ3n) is 3.74. The largest absolute Gasteiger partial charge is 0.376 e. The van der Waals surface area contributed by atoms with Crippen molar-refractivity contribution in [1.29, 1.82) is 0 Å². The third kappa shape index (κ3) is 4.21. The van der Waals surface area contributed by atoms with Crippen LogP contribution < -0.4 is 5.32 Å². The van der Waals surface area contributed by atoms with Crippen LogP contribution in [-0.4, -0.2) is 42.5 Å². The quantitative estimate of drug-likeness (QED) is 0.866. The number of anilines is 1. The Labute approximate surface area is 135 Å². The highest BCUT2D eigenvalue weighted by atomic mass is 35.5. The zero-order valence-electron chi connectivity index (χ0n) is 12.9. The van der Waals surface area contributed by atoms with Crippen LogP contribution in [0.5, 0.6) is 0 Å². The number of aryl methyl sites for hydroxylation is 1. The van der Waals surface area contributed by atoms with Gasteiger partial charge in [-0.2, -0.15) is 0 Å². The van der Waals surface area contributed by atoms with Crippen LogP contribution in [0.15, 0.2) is 18.2 Å². The highest BCUT2D eigenvalue weighted by molar-refractivity contribution is 6.39. The van der Waals surface area contributed by atoms with Gasteiger partial charge in [0.1, 0.15) is 0 Å². The second kappa shape index (κ2) is 7.61. The number of nitrogens with one attached hydrogen (secondary N) is 1. The van der Waals surface area contributed by atoms with Crippen molar-refractivity contribution >= 4 is 29.1 Å². The highest BCUT2D eigenvalue weighted by Gasteiger charge is 2.25. The fourth-order valence-corrected chi connectivity index (χ4v) is 2.57. The summed E-state index contributed by atoms with van der Waals surface area (Å²) < 4.78 is 5.52. The van der Waals surface area contributed by atoms with E-state index in [9.17, 15) is 9.59 Å². The molecule has 5 nitrogen and oxygen atoms in total. The van der Waals surface area contributed by atoms with Crippen molar-refractivity contribution in [2.24, 2.45) is 0 Å². The van der Waals surface area contributed by atoms with E-state index in [0.29, 0.717) is 23.8 Å². The summed E-state index contributed by atoms with van der Waals surface area (Å²) >= 11 is 6.02. The Balaban J connectivity index is 1.96. The predicted octanol–water partition coefficient (Wildman–Crippen LogP) is 2.61. The van der Waals surface area contributed by atoms with Crippen LogP contribution in [0.4, 0.5) is 5.69 Å². The molecular weight excluding hydrogens is 304 g/mol. The summed E-state index contributed by atoms with van der Waals surface area (Å²) in [5, 5.41) is 3.15. The lowest BCUT2D eigenvalue weighted by molar-refractivity contribution is -0.144. The summed E-state index contributed by atoms with van der Waals surface area (Å²) in [4.78, 5) is 25.9. The van der Waals surface area contributed by atoms with E-state index in [1.165, 1.54) is 4.90 Å². The van der Waals surface area contributed by atoms with Gasteiger partial charge in [0, 0.05) is 30.4 Å². The summed E-state index contributed by atoms with van der Waals surface area (Å²) in [6.07, 6.45) is 1.97. The number of halogens is 1. The average molecular weight is 325 g/mol. The number of amides is 2. The maximum absolute atomic E-state index is 12.2. The van der Waals surface area contributed by atoms with Crippen LogP contribution in [-0.2, 0) is 14.3 Å². The normalized spacial score (nSPS) is 17.3. The van der Waals surface area contributed by atoms with Gasteiger partial charge < -0.3 is 15.0 Å². The number of nitrogens with zero attached hydrogens (tertiary/aromatic N) is 1. The average Bonchev–Trinajstić information content (AvgIpc) is 3.01. The van der Waals surface area contributed by atoms with E-state index in [4.69, 9.17) is 16.3 Å². The van der Waals surface area contributed by atoms with Crippen LogP contribution in [0.1, 0.15) is 25.3 Å². The summed E-state index contributed by atoms with van der Waals surface area (Å²) in [5.74, 6) is -1.20. The summed E-state index contributed by atoms with van der Waals surface area (Å²) in [5.41, 5.74) is 1.43. The van der Waals surface area contributed by atoms with Crippen LogP contribution >= 0.6 is 11.6 Å². The molecule has 1 atom stereocenters. The molecule has 2 rings (SSSR count). The molecule has 0 aromatic heterocycles. The van der Waals surface area contributed by atoms with Gasteiger partial charge in [0.05, 0.1) is 6.10 Å². The van der Waals surface area contributed by atoms with E-state index in [-0.39, 0.29) is 6.10 Å². The van der Waals surface area contributed by atoms with Crippen LogP contribution in [0.2, 0.25) is 5.02 Å². The van der Waals surface area contributed by atoms with Gasteiger partial charge in [-0.1, -0.05) is 17.7 Å². The highest BCUT2D eigenvalue weighted by Crippen LogP contribution is 2.20. The molecule has 1 aromatic carbocycles. The maximum Gasteiger partial charge on any atom is 0.313 e. The Morgan fingerprint density at radius 2 is 2.23 bits per heavy atom. The van der Waals surface area contributed by atoms with Crippen molar-refractivity contribution in [3.8, 4) is 0 Å². The van der Waals surface area contributed by atoms with Crippen molar-refractivity contribution in [1.82, 2.24) is 4.90 Å². The molecular formula is C16H21ClN2O3. The predicted molar refractivity (Wildman–Crippen MR) is 86.0 cm³/mol. The van der Waals surface area contributed by atoms with E-state index in [1.54, 1.807) is 18.2 Å². The van der Waals surface area contributed by atoms with Gasteiger partial charge in [-0.3, -0.25) is 9.59 Å². The van der Waals surface area contributed by atoms with E-state index < -0.39 is 11.8 Å². The molecule has 2 amide bonds. The van der Waals surface area contributed by atoms with E-state index in [2.05, 4.69) is 5.32 Å². The number of carbonyl (C=O) groups is 2. The van der Waals surface area contributed by atoms with Crippen molar-refractivity contribution in [2.45, 2.75) is 32.8 Å². The van der Waals surface area contributed by atoms with E-state index in [0.717, 1.165) is 25.0 Å². The lowest BCUT2D eigenvalue weighted by Gasteiger charge is -2.23. The molecule has 0 saturated carbocycles. The van der Waals surface area contributed by atoms with Crippen molar-refractivity contribution in [3.05, 3.63) is 28.8 Å². The van der Waals surface area contributed by atoms with Gasteiger partial charge in [-0.25, -0.2) is 0 Å². The lowest BCUT2D eigenvalue weighted by Crippen LogP contribution is -2.43. The van der Waals surface area contributed by atoms with Crippen LogP contribution in [0.25, 0.3) is 0 Å². The summed E-state index contributed by atoms with van der Waals surface area (Å²) in [6.45, 7) is 5.38. The van der Waals surface area contributed by atoms with Crippen LogP contribution in [0.3, 0.4) is 0 Å².